The van der Waals surface area contributed by atoms with Crippen molar-refractivity contribution in [1.82, 2.24) is 0 Å². The quantitative estimate of drug-likeness (QED) is 0.395. The van der Waals surface area contributed by atoms with Gasteiger partial charge in [-0.25, -0.2) is 4.79 Å². The zero-order chi connectivity index (χ0) is 22.7. The summed E-state index contributed by atoms with van der Waals surface area (Å²) in [4.78, 5) is 11.8. The first kappa shape index (κ1) is 21.4. The van der Waals surface area contributed by atoms with Crippen LogP contribution >= 0.6 is 0 Å². The van der Waals surface area contributed by atoms with Crippen molar-refractivity contribution in [1.29, 1.82) is 0 Å². The number of methoxy groups -OCH3 is 1. The third kappa shape index (κ3) is 4.06. The molecule has 0 spiro atoms. The Kier molecular flexibility index (Phi) is 5.99. The smallest absolute Gasteiger partial charge is 0.373 e. The summed E-state index contributed by atoms with van der Waals surface area (Å²) in [5.41, 5.74) is 2.35. The summed E-state index contributed by atoms with van der Waals surface area (Å²) in [6, 6.07) is 30.8. The number of hydrogen-bond acceptors (Lipinski definition) is 5. The van der Waals surface area contributed by atoms with Crippen LogP contribution in [0.2, 0.25) is 0 Å². The molecule has 0 N–H and O–H groups in total. The molecule has 0 radical (unpaired) electrons. The number of fused-ring (bicyclic) bond motifs is 1. The molecule has 5 rings (SSSR count). The second-order valence-corrected chi connectivity index (χ2v) is 8.23. The van der Waals surface area contributed by atoms with Crippen molar-refractivity contribution in [3.63, 3.8) is 0 Å². The van der Waals surface area contributed by atoms with Gasteiger partial charge in [-0.15, -0.1) is 0 Å². The molecule has 0 saturated carbocycles. The second-order valence-electron chi connectivity index (χ2n) is 8.23. The van der Waals surface area contributed by atoms with Gasteiger partial charge >= 0.3 is 5.97 Å². The van der Waals surface area contributed by atoms with Gasteiger partial charge in [0.1, 0.15) is 17.8 Å². The predicted molar refractivity (Wildman–Crippen MR) is 123 cm³/mol. The highest BCUT2D eigenvalue weighted by Crippen LogP contribution is 2.41. The van der Waals surface area contributed by atoms with Crippen LogP contribution in [0.4, 0.5) is 0 Å². The van der Waals surface area contributed by atoms with Crippen molar-refractivity contribution >= 4 is 5.97 Å². The van der Waals surface area contributed by atoms with E-state index in [0.717, 1.165) is 16.7 Å². The number of esters is 1. The third-order valence-electron chi connectivity index (χ3n) is 6.22. The average molecular weight is 443 g/mol. The summed E-state index contributed by atoms with van der Waals surface area (Å²) in [5.74, 6) is -0.254. The van der Waals surface area contributed by atoms with E-state index in [9.17, 15) is 4.79 Å². The molecule has 3 atom stereocenters. The van der Waals surface area contributed by atoms with E-state index in [1.54, 1.807) is 6.08 Å². The van der Waals surface area contributed by atoms with Crippen LogP contribution in [0, 0.1) is 0 Å². The summed E-state index contributed by atoms with van der Waals surface area (Å²) in [6.07, 6.45) is 1.70. The molecule has 2 aliphatic rings. The van der Waals surface area contributed by atoms with E-state index < -0.39 is 11.6 Å². The van der Waals surface area contributed by atoms with Crippen molar-refractivity contribution in [2.75, 3.05) is 13.7 Å². The average Bonchev–Trinajstić information content (AvgIpc) is 3.45. The molecule has 168 valence electrons. The molecule has 5 nitrogen and oxygen atoms in total. The zero-order valence-corrected chi connectivity index (χ0v) is 18.4. The maximum Gasteiger partial charge on any atom is 0.373 e. The molecule has 1 saturated heterocycles. The molecule has 33 heavy (non-hydrogen) atoms. The first-order valence-corrected chi connectivity index (χ1v) is 11.1. The first-order valence-electron chi connectivity index (χ1n) is 11.1. The molecule has 3 aromatic carbocycles. The molecule has 0 aromatic heterocycles. The van der Waals surface area contributed by atoms with Crippen molar-refractivity contribution in [3.05, 3.63) is 120 Å². The van der Waals surface area contributed by atoms with Gasteiger partial charge in [-0.1, -0.05) is 91.0 Å². The molecule has 2 heterocycles. The molecule has 5 heteroatoms. The fraction of sp³-hybridized carbons (Fsp3) is 0.250. The Hall–Kier alpha value is -3.41. The summed E-state index contributed by atoms with van der Waals surface area (Å²) in [6.45, 7) is 0.371. The highest BCUT2D eigenvalue weighted by atomic mass is 16.6. The van der Waals surface area contributed by atoms with E-state index in [1.807, 2.05) is 54.6 Å². The van der Waals surface area contributed by atoms with Crippen LogP contribution in [0.15, 0.2) is 103 Å². The highest BCUT2D eigenvalue weighted by molar-refractivity contribution is 5.86. The standard InChI is InChI=1S/C28H26O5/c1-30-27(29)26-18-25-24(33-26)17-23(32-25)19-31-28(20-11-5-2-6-12-20,21-13-7-3-8-14-21)22-15-9-4-10-16-22/h2-16,18,23-25H,17,19H2,1H3/t23-,24+,25+/m0/s1. The van der Waals surface area contributed by atoms with Crippen LogP contribution < -0.4 is 0 Å². The first-order chi connectivity index (χ1) is 16.2. The second kappa shape index (κ2) is 9.22. The van der Waals surface area contributed by atoms with Gasteiger partial charge in [0.15, 0.2) is 0 Å². The molecule has 0 bridgehead atoms. The van der Waals surface area contributed by atoms with Gasteiger partial charge in [0.25, 0.3) is 0 Å². The predicted octanol–water partition coefficient (Wildman–Crippen LogP) is 4.61. The Morgan fingerprint density at radius 2 is 1.39 bits per heavy atom. The van der Waals surface area contributed by atoms with Gasteiger partial charge in [0, 0.05) is 6.42 Å². The number of benzene rings is 3. The van der Waals surface area contributed by atoms with E-state index in [-0.39, 0.29) is 24.1 Å². The number of ether oxygens (including phenoxy) is 4. The minimum Gasteiger partial charge on any atom is -0.480 e. The highest BCUT2D eigenvalue weighted by Gasteiger charge is 2.44. The molecule has 0 aliphatic carbocycles. The van der Waals surface area contributed by atoms with Crippen LogP contribution in [0.3, 0.4) is 0 Å². The Morgan fingerprint density at radius 3 is 1.85 bits per heavy atom. The fourth-order valence-electron chi connectivity index (χ4n) is 4.68. The molecular weight excluding hydrogens is 416 g/mol. The van der Waals surface area contributed by atoms with Gasteiger partial charge in [0.2, 0.25) is 5.76 Å². The van der Waals surface area contributed by atoms with E-state index in [2.05, 4.69) is 36.4 Å². The van der Waals surface area contributed by atoms with E-state index in [1.165, 1.54) is 7.11 Å². The van der Waals surface area contributed by atoms with Crippen LogP contribution in [-0.4, -0.2) is 38.0 Å². The van der Waals surface area contributed by atoms with E-state index in [4.69, 9.17) is 18.9 Å². The number of carbonyl (C=O) groups excluding carboxylic acids is 1. The number of hydrogen-bond donors (Lipinski definition) is 0. The molecule has 3 aromatic rings. The molecule has 1 fully saturated rings. The van der Waals surface area contributed by atoms with Crippen LogP contribution in [0.25, 0.3) is 0 Å². The van der Waals surface area contributed by atoms with Crippen LogP contribution in [0.1, 0.15) is 23.1 Å². The zero-order valence-electron chi connectivity index (χ0n) is 18.4. The Bertz CT molecular complexity index is 1010. The summed E-state index contributed by atoms with van der Waals surface area (Å²) in [5, 5.41) is 0. The lowest BCUT2D eigenvalue weighted by Gasteiger charge is -2.36. The lowest BCUT2D eigenvalue weighted by molar-refractivity contribution is -0.140. The maximum atomic E-state index is 11.8. The topological polar surface area (TPSA) is 54.0 Å². The van der Waals surface area contributed by atoms with Gasteiger partial charge in [-0.05, 0) is 22.8 Å². The van der Waals surface area contributed by atoms with E-state index in [0.29, 0.717) is 13.0 Å². The monoisotopic (exact) mass is 442 g/mol. The largest absolute Gasteiger partial charge is 0.480 e. The van der Waals surface area contributed by atoms with E-state index >= 15 is 0 Å². The Balaban J connectivity index is 1.46. The fourth-order valence-corrected chi connectivity index (χ4v) is 4.68. The Labute approximate surface area is 193 Å². The minimum absolute atomic E-state index is 0.161. The van der Waals surface area contributed by atoms with Crippen molar-refractivity contribution in [3.8, 4) is 0 Å². The third-order valence-corrected chi connectivity index (χ3v) is 6.22. The molecular formula is C28H26O5. The van der Waals surface area contributed by atoms with Gasteiger partial charge in [-0.3, -0.25) is 0 Å². The summed E-state index contributed by atoms with van der Waals surface area (Å²) >= 11 is 0. The molecule has 0 unspecified atom stereocenters. The summed E-state index contributed by atoms with van der Waals surface area (Å²) < 4.78 is 23.5. The van der Waals surface area contributed by atoms with Crippen LogP contribution in [-0.2, 0) is 29.3 Å². The maximum absolute atomic E-state index is 11.8. The SMILES string of the molecule is COC(=O)C1=C[C@H]2O[C@H](COC(c3ccccc3)(c3ccccc3)c3ccccc3)C[C@H]2O1. The lowest BCUT2D eigenvalue weighted by Crippen LogP contribution is -2.35. The lowest BCUT2D eigenvalue weighted by atomic mass is 9.80. The summed E-state index contributed by atoms with van der Waals surface area (Å²) in [7, 11) is 1.34. The van der Waals surface area contributed by atoms with Gasteiger partial charge in [-0.2, -0.15) is 0 Å². The number of carbonyl (C=O) groups is 1. The minimum atomic E-state index is -0.793. The van der Waals surface area contributed by atoms with Crippen molar-refractivity contribution in [2.24, 2.45) is 0 Å². The van der Waals surface area contributed by atoms with Gasteiger partial charge in [0.05, 0.1) is 19.8 Å². The normalized spacial score (nSPS) is 21.7. The molecule has 2 aliphatic heterocycles. The van der Waals surface area contributed by atoms with Crippen LogP contribution in [0.5, 0.6) is 0 Å². The Morgan fingerprint density at radius 1 is 0.879 bits per heavy atom. The van der Waals surface area contributed by atoms with Gasteiger partial charge < -0.3 is 18.9 Å². The molecule has 0 amide bonds. The number of rotatable bonds is 7. The van der Waals surface area contributed by atoms with Crippen molar-refractivity contribution < 1.29 is 23.7 Å². The van der Waals surface area contributed by atoms with Crippen molar-refractivity contribution in [2.45, 2.75) is 30.3 Å².